The summed E-state index contributed by atoms with van der Waals surface area (Å²) in [5, 5.41) is 12.8. The summed E-state index contributed by atoms with van der Waals surface area (Å²) < 4.78 is 0. The molecule has 0 aromatic heterocycles. The number of carboxylic acids is 1. The Kier molecular flexibility index (Phi) is 2.37. The zero-order valence-electron chi connectivity index (χ0n) is 7.96. The van der Waals surface area contributed by atoms with Crippen LogP contribution in [0.5, 0.6) is 0 Å². The van der Waals surface area contributed by atoms with Crippen LogP contribution in [0.2, 0.25) is 0 Å². The zero-order chi connectivity index (χ0) is 10.8. The van der Waals surface area contributed by atoms with Crippen molar-refractivity contribution >= 4 is 5.97 Å². The Hall–Kier alpha value is -1.91. The molecule has 1 aliphatic heterocycles. The van der Waals surface area contributed by atoms with E-state index in [0.717, 1.165) is 16.1 Å². The first-order valence-corrected chi connectivity index (χ1v) is 4.62. The monoisotopic (exact) mass is 206 g/mol. The fourth-order valence-corrected chi connectivity index (χ4v) is 1.81. The van der Waals surface area contributed by atoms with Gasteiger partial charge in [-0.05, 0) is 11.1 Å². The Morgan fingerprint density at radius 1 is 1.40 bits per heavy atom. The second-order valence-electron chi connectivity index (χ2n) is 3.51. The number of rotatable bonds is 2. The standard InChI is InChI=1S/C10H10N2O3/c13-10(14)9-5-7-3-1-2-4-8(7)6-12(9)11-15/h1-4,9H,5-6H2,(H,13,14)/t9-/m1/s1. The molecule has 1 aromatic rings. The number of aliphatic carboxylic acids is 1. The van der Waals surface area contributed by atoms with Crippen LogP contribution in [-0.2, 0) is 17.8 Å². The second kappa shape index (κ2) is 3.68. The maximum atomic E-state index is 10.9. The fourth-order valence-electron chi connectivity index (χ4n) is 1.81. The highest BCUT2D eigenvalue weighted by molar-refractivity contribution is 5.74. The fraction of sp³-hybridized carbons (Fsp3) is 0.300. The van der Waals surface area contributed by atoms with Crippen molar-refractivity contribution in [1.82, 2.24) is 5.01 Å². The summed E-state index contributed by atoms with van der Waals surface area (Å²) >= 11 is 0. The maximum Gasteiger partial charge on any atom is 0.328 e. The van der Waals surface area contributed by atoms with E-state index in [1.54, 1.807) is 0 Å². The average Bonchev–Trinajstić information content (AvgIpc) is 2.27. The molecule has 1 aromatic carbocycles. The maximum absolute atomic E-state index is 10.9. The molecular formula is C10H10N2O3. The Balaban J connectivity index is 2.34. The van der Waals surface area contributed by atoms with Gasteiger partial charge >= 0.3 is 5.97 Å². The number of carbonyl (C=O) groups is 1. The summed E-state index contributed by atoms with van der Waals surface area (Å²) in [4.78, 5) is 21.4. The Morgan fingerprint density at radius 2 is 2.07 bits per heavy atom. The molecule has 0 bridgehead atoms. The van der Waals surface area contributed by atoms with Gasteiger partial charge in [0.15, 0.2) is 6.04 Å². The second-order valence-corrected chi connectivity index (χ2v) is 3.51. The normalized spacial score (nSPS) is 19.5. The van der Waals surface area contributed by atoms with Crippen molar-refractivity contribution in [2.45, 2.75) is 19.0 Å². The first kappa shape index (κ1) is 9.64. The predicted octanol–water partition coefficient (Wildman–Crippen LogP) is 1.18. The van der Waals surface area contributed by atoms with Crippen LogP contribution >= 0.6 is 0 Å². The lowest BCUT2D eigenvalue weighted by molar-refractivity contribution is -0.144. The van der Waals surface area contributed by atoms with Crippen LogP contribution in [0.1, 0.15) is 11.1 Å². The summed E-state index contributed by atoms with van der Waals surface area (Å²) in [6, 6.07) is 6.65. The van der Waals surface area contributed by atoms with Gasteiger partial charge in [0.25, 0.3) is 0 Å². The van der Waals surface area contributed by atoms with Crippen molar-refractivity contribution in [3.05, 3.63) is 40.3 Å². The molecule has 0 radical (unpaired) electrons. The molecule has 2 rings (SSSR count). The van der Waals surface area contributed by atoms with Crippen LogP contribution in [-0.4, -0.2) is 22.1 Å². The molecule has 5 nitrogen and oxygen atoms in total. The van der Waals surface area contributed by atoms with Gasteiger partial charge in [-0.2, -0.15) is 0 Å². The average molecular weight is 206 g/mol. The minimum absolute atomic E-state index is 0.274. The number of carboxylic acid groups (broad SMARTS) is 1. The van der Waals surface area contributed by atoms with Gasteiger partial charge in [0.05, 0.1) is 11.8 Å². The van der Waals surface area contributed by atoms with Gasteiger partial charge < -0.3 is 5.11 Å². The summed E-state index contributed by atoms with van der Waals surface area (Å²) in [5.41, 5.74) is 1.94. The van der Waals surface area contributed by atoms with E-state index in [1.165, 1.54) is 0 Å². The number of hydrogen-bond donors (Lipinski definition) is 1. The third kappa shape index (κ3) is 1.68. The van der Waals surface area contributed by atoms with Crippen LogP contribution < -0.4 is 0 Å². The molecule has 78 valence electrons. The van der Waals surface area contributed by atoms with E-state index in [1.807, 2.05) is 24.3 Å². The first-order valence-electron chi connectivity index (χ1n) is 4.62. The van der Waals surface area contributed by atoms with E-state index < -0.39 is 12.0 Å². The molecule has 5 heteroatoms. The molecule has 0 amide bonds. The molecule has 1 N–H and O–H groups in total. The minimum Gasteiger partial charge on any atom is -0.480 e. The first-order chi connectivity index (χ1) is 7.22. The molecule has 0 fully saturated rings. The van der Waals surface area contributed by atoms with Crippen LogP contribution in [0.15, 0.2) is 29.6 Å². The van der Waals surface area contributed by atoms with Crippen molar-refractivity contribution in [3.63, 3.8) is 0 Å². The Labute approximate surface area is 86.3 Å². The number of nitroso groups, excluding NO2 is 1. The van der Waals surface area contributed by atoms with Crippen molar-refractivity contribution < 1.29 is 9.90 Å². The summed E-state index contributed by atoms with van der Waals surface area (Å²) in [6.45, 7) is 0.274. The van der Waals surface area contributed by atoms with Crippen LogP contribution in [0.25, 0.3) is 0 Å². The molecule has 0 saturated carbocycles. The molecule has 0 saturated heterocycles. The molecular weight excluding hydrogens is 196 g/mol. The van der Waals surface area contributed by atoms with Gasteiger partial charge in [0, 0.05) is 6.42 Å². The van der Waals surface area contributed by atoms with Gasteiger partial charge in [0.2, 0.25) is 0 Å². The number of fused-ring (bicyclic) bond motifs is 1. The Bertz CT molecular complexity index is 405. The van der Waals surface area contributed by atoms with Crippen molar-refractivity contribution in [3.8, 4) is 0 Å². The van der Waals surface area contributed by atoms with E-state index in [2.05, 4.69) is 5.29 Å². The lowest BCUT2D eigenvalue weighted by atomic mass is 9.95. The number of hydrogen-bond acceptors (Lipinski definition) is 3. The largest absolute Gasteiger partial charge is 0.480 e. The van der Waals surface area contributed by atoms with E-state index >= 15 is 0 Å². The van der Waals surface area contributed by atoms with Crippen molar-refractivity contribution in [1.29, 1.82) is 0 Å². The Morgan fingerprint density at radius 3 is 2.67 bits per heavy atom. The van der Waals surface area contributed by atoms with Crippen molar-refractivity contribution in [2.24, 2.45) is 5.29 Å². The van der Waals surface area contributed by atoms with Crippen molar-refractivity contribution in [2.75, 3.05) is 0 Å². The molecule has 1 aliphatic rings. The summed E-state index contributed by atoms with van der Waals surface area (Å²) in [5.74, 6) is -1.01. The van der Waals surface area contributed by atoms with E-state index in [0.29, 0.717) is 6.42 Å². The molecule has 0 aliphatic carbocycles. The van der Waals surface area contributed by atoms with Gasteiger partial charge in [-0.3, -0.25) is 0 Å². The number of nitrogens with zero attached hydrogens (tertiary/aromatic N) is 2. The summed E-state index contributed by atoms with van der Waals surface area (Å²) in [6.07, 6.45) is 0.331. The van der Waals surface area contributed by atoms with Gasteiger partial charge in [0.1, 0.15) is 0 Å². The molecule has 15 heavy (non-hydrogen) atoms. The number of benzene rings is 1. The van der Waals surface area contributed by atoms with Gasteiger partial charge in [-0.25, -0.2) is 9.80 Å². The smallest absolute Gasteiger partial charge is 0.328 e. The topological polar surface area (TPSA) is 70.0 Å². The van der Waals surface area contributed by atoms with Gasteiger partial charge in [-0.1, -0.05) is 24.3 Å². The van der Waals surface area contributed by atoms with Crippen LogP contribution in [0.3, 0.4) is 0 Å². The summed E-state index contributed by atoms with van der Waals surface area (Å²) in [7, 11) is 0. The third-order valence-electron chi connectivity index (χ3n) is 2.61. The van der Waals surface area contributed by atoms with E-state index in [9.17, 15) is 9.70 Å². The zero-order valence-corrected chi connectivity index (χ0v) is 7.96. The SMILES string of the molecule is O=NN1Cc2ccccc2C[C@@H]1C(=O)O. The lowest BCUT2D eigenvalue weighted by Gasteiger charge is -2.29. The molecule has 0 spiro atoms. The molecule has 0 unspecified atom stereocenters. The highest BCUT2D eigenvalue weighted by atomic mass is 16.4. The molecule has 1 heterocycles. The molecule has 1 atom stereocenters. The lowest BCUT2D eigenvalue weighted by Crippen LogP contribution is -2.42. The quantitative estimate of drug-likeness (QED) is 0.737. The predicted molar refractivity (Wildman–Crippen MR) is 52.9 cm³/mol. The highest BCUT2D eigenvalue weighted by Gasteiger charge is 2.31. The van der Waals surface area contributed by atoms with Gasteiger partial charge in [-0.15, -0.1) is 4.91 Å². The van der Waals surface area contributed by atoms with E-state index in [-0.39, 0.29) is 6.54 Å². The van der Waals surface area contributed by atoms with Crippen LogP contribution in [0, 0.1) is 4.91 Å². The minimum atomic E-state index is -1.01. The third-order valence-corrected chi connectivity index (χ3v) is 2.61. The van der Waals surface area contributed by atoms with Crippen LogP contribution in [0.4, 0.5) is 0 Å². The van der Waals surface area contributed by atoms with E-state index in [4.69, 9.17) is 5.11 Å². The highest BCUT2D eigenvalue weighted by Crippen LogP contribution is 2.23.